The van der Waals surface area contributed by atoms with Gasteiger partial charge in [0.25, 0.3) is 0 Å². The maximum absolute atomic E-state index is 11.9. The van der Waals surface area contributed by atoms with Gasteiger partial charge in [-0.25, -0.2) is 0 Å². The normalized spacial score (nSPS) is 13.1. The number of nitrogens with two attached hydrogens (primary N) is 1. The molecule has 2 nitrogen and oxygen atoms in total. The third-order valence-corrected chi connectivity index (χ3v) is 3.00. The lowest BCUT2D eigenvalue weighted by molar-refractivity contribution is 0.0992. The molecule has 16 heavy (non-hydrogen) atoms. The van der Waals surface area contributed by atoms with Crippen LogP contribution >= 0.6 is 0 Å². The van der Waals surface area contributed by atoms with E-state index in [4.69, 9.17) is 5.73 Å². The number of nitrogen functional groups attached to an aromatic ring is 1. The third-order valence-electron chi connectivity index (χ3n) is 3.00. The largest absolute Gasteiger partial charge is 0.399 e. The van der Waals surface area contributed by atoms with Gasteiger partial charge in [-0.15, -0.1) is 0 Å². The minimum absolute atomic E-state index is 0.175. The van der Waals surface area contributed by atoms with Crippen molar-refractivity contribution < 1.29 is 4.79 Å². The third kappa shape index (κ3) is 1.23. The van der Waals surface area contributed by atoms with Crippen molar-refractivity contribution in [2.24, 2.45) is 0 Å². The molecule has 3 rings (SSSR count). The molecule has 0 saturated carbocycles. The number of hydrogen-bond donors (Lipinski definition) is 1. The zero-order chi connectivity index (χ0) is 11.1. The van der Waals surface area contributed by atoms with Crippen LogP contribution in [0.2, 0.25) is 0 Å². The van der Waals surface area contributed by atoms with Gasteiger partial charge in [0.15, 0.2) is 5.78 Å². The summed E-state index contributed by atoms with van der Waals surface area (Å²) in [6.07, 6.45) is 0.456. The van der Waals surface area contributed by atoms with E-state index in [1.54, 1.807) is 0 Å². The number of anilines is 1. The van der Waals surface area contributed by atoms with E-state index in [2.05, 4.69) is 0 Å². The number of fused-ring (bicyclic) bond motifs is 3. The Labute approximate surface area is 93.7 Å². The minimum atomic E-state index is 0.175. The molecular weight excluding hydrogens is 198 g/mol. The van der Waals surface area contributed by atoms with Crippen LogP contribution in [0, 0.1) is 0 Å². The highest BCUT2D eigenvalue weighted by molar-refractivity contribution is 6.07. The first-order chi connectivity index (χ1) is 7.75. The van der Waals surface area contributed by atoms with Crippen molar-refractivity contribution in [1.82, 2.24) is 0 Å². The number of rotatable bonds is 0. The summed E-state index contributed by atoms with van der Waals surface area (Å²) in [5.74, 6) is 0.175. The van der Waals surface area contributed by atoms with Crippen molar-refractivity contribution in [2.75, 3.05) is 5.73 Å². The first-order valence-electron chi connectivity index (χ1n) is 5.27. The quantitative estimate of drug-likeness (QED) is 0.678. The second-order valence-electron chi connectivity index (χ2n) is 4.06. The molecule has 2 heteroatoms. The van der Waals surface area contributed by atoms with Gasteiger partial charge >= 0.3 is 0 Å². The Kier molecular flexibility index (Phi) is 1.83. The molecular formula is C14H11NO. The van der Waals surface area contributed by atoms with E-state index >= 15 is 0 Å². The predicted octanol–water partition coefficient (Wildman–Crippen LogP) is 2.67. The average molecular weight is 209 g/mol. The number of carbonyl (C=O) groups excluding carboxylic acids is 1. The zero-order valence-electron chi connectivity index (χ0n) is 8.73. The molecule has 1 aliphatic carbocycles. The van der Waals surface area contributed by atoms with Crippen molar-refractivity contribution in [3.05, 3.63) is 53.6 Å². The molecule has 0 bridgehead atoms. The Hall–Kier alpha value is -2.09. The molecule has 0 heterocycles. The number of hydrogen-bond acceptors (Lipinski definition) is 2. The van der Waals surface area contributed by atoms with E-state index in [1.165, 1.54) is 0 Å². The number of ketones is 1. The van der Waals surface area contributed by atoms with Gasteiger partial charge in [0.2, 0.25) is 0 Å². The first kappa shape index (κ1) is 9.16. The molecule has 0 spiro atoms. The Morgan fingerprint density at radius 1 is 0.938 bits per heavy atom. The summed E-state index contributed by atoms with van der Waals surface area (Å²) in [4.78, 5) is 11.9. The Bertz CT molecular complexity index is 587. The van der Waals surface area contributed by atoms with Crippen LogP contribution in [0.4, 0.5) is 5.69 Å². The van der Waals surface area contributed by atoms with Crippen molar-refractivity contribution in [3.63, 3.8) is 0 Å². The molecule has 2 N–H and O–H groups in total. The van der Waals surface area contributed by atoms with Gasteiger partial charge in [-0.05, 0) is 28.8 Å². The van der Waals surface area contributed by atoms with Gasteiger partial charge in [0, 0.05) is 17.7 Å². The maximum Gasteiger partial charge on any atom is 0.167 e. The lowest BCUT2D eigenvalue weighted by atomic mass is 9.85. The summed E-state index contributed by atoms with van der Waals surface area (Å²) < 4.78 is 0. The van der Waals surface area contributed by atoms with E-state index in [9.17, 15) is 4.79 Å². The fourth-order valence-electron chi connectivity index (χ4n) is 2.25. The fraction of sp³-hybridized carbons (Fsp3) is 0.0714. The highest BCUT2D eigenvalue weighted by Gasteiger charge is 2.21. The predicted molar refractivity (Wildman–Crippen MR) is 64.3 cm³/mol. The summed E-state index contributed by atoms with van der Waals surface area (Å²) in [6, 6.07) is 13.5. The van der Waals surface area contributed by atoms with Crippen LogP contribution in [0.15, 0.2) is 42.5 Å². The Morgan fingerprint density at radius 3 is 2.50 bits per heavy atom. The second-order valence-corrected chi connectivity index (χ2v) is 4.06. The molecule has 0 unspecified atom stereocenters. The van der Waals surface area contributed by atoms with Gasteiger partial charge in [-0.1, -0.05) is 30.3 Å². The van der Waals surface area contributed by atoms with Crippen molar-refractivity contribution in [3.8, 4) is 11.1 Å². The number of benzene rings is 2. The average Bonchev–Trinajstić information content (AvgIpc) is 2.29. The van der Waals surface area contributed by atoms with E-state index < -0.39 is 0 Å². The Balaban J connectivity index is 2.32. The summed E-state index contributed by atoms with van der Waals surface area (Å²) >= 11 is 0. The van der Waals surface area contributed by atoms with Crippen LogP contribution in [0.3, 0.4) is 0 Å². The smallest absolute Gasteiger partial charge is 0.167 e. The SMILES string of the molecule is Nc1ccc2c(c1)CC(=O)c1ccccc1-2. The first-order valence-corrected chi connectivity index (χ1v) is 5.27. The Morgan fingerprint density at radius 2 is 1.69 bits per heavy atom. The van der Waals surface area contributed by atoms with Crippen molar-refractivity contribution in [2.45, 2.75) is 6.42 Å². The molecule has 2 aromatic rings. The summed E-state index contributed by atoms with van der Waals surface area (Å²) in [5, 5.41) is 0. The molecule has 0 radical (unpaired) electrons. The molecule has 1 aliphatic rings. The van der Waals surface area contributed by atoms with E-state index in [1.807, 2.05) is 42.5 Å². The molecule has 0 atom stereocenters. The monoisotopic (exact) mass is 209 g/mol. The second kappa shape index (κ2) is 3.20. The molecule has 2 aromatic carbocycles. The van der Waals surface area contributed by atoms with Crippen LogP contribution in [-0.4, -0.2) is 5.78 Å². The van der Waals surface area contributed by atoms with E-state index in [0.717, 1.165) is 22.3 Å². The zero-order valence-corrected chi connectivity index (χ0v) is 8.73. The summed E-state index contributed by atoms with van der Waals surface area (Å²) in [6.45, 7) is 0. The lowest BCUT2D eigenvalue weighted by Crippen LogP contribution is -2.12. The minimum Gasteiger partial charge on any atom is -0.399 e. The lowest BCUT2D eigenvalue weighted by Gasteiger charge is -2.18. The highest BCUT2D eigenvalue weighted by Crippen LogP contribution is 2.34. The van der Waals surface area contributed by atoms with Crippen LogP contribution in [0.25, 0.3) is 11.1 Å². The standard InChI is InChI=1S/C14H11NO/c15-10-5-6-11-9(7-10)8-14(16)13-4-2-1-3-12(11)13/h1-7H,8,15H2. The van der Waals surface area contributed by atoms with Crippen LogP contribution in [0.1, 0.15) is 15.9 Å². The number of Topliss-reactive ketones (excluding diaryl/α,β-unsaturated/α-hetero) is 1. The topological polar surface area (TPSA) is 43.1 Å². The molecule has 0 amide bonds. The molecule has 78 valence electrons. The summed E-state index contributed by atoms with van der Waals surface area (Å²) in [7, 11) is 0. The van der Waals surface area contributed by atoms with Crippen LogP contribution < -0.4 is 5.73 Å². The molecule has 0 saturated heterocycles. The molecule has 0 aromatic heterocycles. The van der Waals surface area contributed by atoms with Crippen LogP contribution in [-0.2, 0) is 6.42 Å². The van der Waals surface area contributed by atoms with E-state index in [0.29, 0.717) is 12.1 Å². The fourth-order valence-corrected chi connectivity index (χ4v) is 2.25. The van der Waals surface area contributed by atoms with Gasteiger partial charge in [-0.3, -0.25) is 4.79 Å². The highest BCUT2D eigenvalue weighted by atomic mass is 16.1. The van der Waals surface area contributed by atoms with Gasteiger partial charge in [0.1, 0.15) is 0 Å². The van der Waals surface area contributed by atoms with E-state index in [-0.39, 0.29) is 5.78 Å². The van der Waals surface area contributed by atoms with Crippen molar-refractivity contribution in [1.29, 1.82) is 0 Å². The van der Waals surface area contributed by atoms with Crippen molar-refractivity contribution >= 4 is 11.5 Å². The number of carbonyl (C=O) groups is 1. The van der Waals surface area contributed by atoms with Gasteiger partial charge in [0.05, 0.1) is 0 Å². The van der Waals surface area contributed by atoms with Gasteiger partial charge < -0.3 is 5.73 Å². The summed E-state index contributed by atoms with van der Waals surface area (Å²) in [5.41, 5.74) is 10.5. The van der Waals surface area contributed by atoms with Crippen LogP contribution in [0.5, 0.6) is 0 Å². The van der Waals surface area contributed by atoms with Gasteiger partial charge in [-0.2, -0.15) is 0 Å². The maximum atomic E-state index is 11.9. The molecule has 0 fully saturated rings. The molecule has 0 aliphatic heterocycles.